The Labute approximate surface area is 167 Å². The molecule has 0 atom stereocenters. The van der Waals surface area contributed by atoms with E-state index < -0.39 is 0 Å². The van der Waals surface area contributed by atoms with E-state index in [9.17, 15) is 9.18 Å². The van der Waals surface area contributed by atoms with Crippen molar-refractivity contribution >= 4 is 22.7 Å². The molecule has 5 nitrogen and oxygen atoms in total. The van der Waals surface area contributed by atoms with Gasteiger partial charge in [0.1, 0.15) is 17.1 Å². The lowest BCUT2D eigenvalue weighted by molar-refractivity contribution is -0.118. The molecule has 1 heterocycles. The molecule has 0 aliphatic rings. The van der Waals surface area contributed by atoms with Crippen LogP contribution in [-0.2, 0) is 4.79 Å². The van der Waals surface area contributed by atoms with E-state index in [-0.39, 0.29) is 18.3 Å². The summed E-state index contributed by atoms with van der Waals surface area (Å²) in [5.74, 6) is 0.457. The molecule has 0 spiro atoms. The summed E-state index contributed by atoms with van der Waals surface area (Å²) in [4.78, 5) is 16.7. The molecule has 0 fully saturated rings. The highest BCUT2D eigenvalue weighted by Gasteiger charge is 2.11. The van der Waals surface area contributed by atoms with Crippen LogP contribution >= 0.6 is 0 Å². The van der Waals surface area contributed by atoms with Crippen LogP contribution in [0.4, 0.5) is 10.1 Å². The summed E-state index contributed by atoms with van der Waals surface area (Å²) in [6, 6.07) is 16.9. The Balaban J connectivity index is 1.45. The number of anilines is 1. The van der Waals surface area contributed by atoms with Crippen LogP contribution in [0, 0.1) is 19.7 Å². The Kier molecular flexibility index (Phi) is 4.99. The number of carbonyl (C=O) groups excluding carboxylic acids is 1. The number of hydrogen-bond acceptors (Lipinski definition) is 4. The molecule has 3 aromatic carbocycles. The molecule has 0 aliphatic carbocycles. The van der Waals surface area contributed by atoms with Gasteiger partial charge < -0.3 is 14.5 Å². The predicted octanol–water partition coefficient (Wildman–Crippen LogP) is 5.27. The zero-order chi connectivity index (χ0) is 20.4. The highest BCUT2D eigenvalue weighted by Crippen LogP contribution is 2.26. The second kappa shape index (κ2) is 7.75. The number of nitrogens with zero attached hydrogens (tertiary/aromatic N) is 1. The van der Waals surface area contributed by atoms with Crippen LogP contribution in [-0.4, -0.2) is 17.5 Å². The maximum absolute atomic E-state index is 13.1. The van der Waals surface area contributed by atoms with Crippen LogP contribution in [0.15, 0.2) is 65.1 Å². The third-order valence-corrected chi connectivity index (χ3v) is 4.33. The van der Waals surface area contributed by atoms with E-state index in [0.717, 1.165) is 11.1 Å². The molecule has 1 aromatic heterocycles. The minimum Gasteiger partial charge on any atom is -0.484 e. The van der Waals surface area contributed by atoms with Crippen LogP contribution in [0.25, 0.3) is 22.6 Å². The fraction of sp³-hybridized carbons (Fsp3) is 0.130. The normalized spacial score (nSPS) is 10.9. The Morgan fingerprint density at radius 2 is 1.76 bits per heavy atom. The van der Waals surface area contributed by atoms with Crippen molar-refractivity contribution in [2.24, 2.45) is 0 Å². The van der Waals surface area contributed by atoms with Gasteiger partial charge >= 0.3 is 0 Å². The minimum atomic E-state index is -0.321. The fourth-order valence-corrected chi connectivity index (χ4v) is 3.08. The molecule has 0 aliphatic heterocycles. The number of nitrogens with one attached hydrogen (secondary N) is 1. The molecule has 4 rings (SSSR count). The first-order chi connectivity index (χ1) is 14.0. The number of hydrogen-bond donors (Lipinski definition) is 1. The number of rotatable bonds is 5. The third-order valence-electron chi connectivity index (χ3n) is 4.33. The minimum absolute atomic E-state index is 0.0967. The van der Waals surface area contributed by atoms with Crippen molar-refractivity contribution in [2.75, 3.05) is 11.9 Å². The van der Waals surface area contributed by atoms with Crippen molar-refractivity contribution in [2.45, 2.75) is 13.8 Å². The summed E-state index contributed by atoms with van der Waals surface area (Å²) in [7, 11) is 0. The monoisotopic (exact) mass is 390 g/mol. The fourth-order valence-electron chi connectivity index (χ4n) is 3.08. The number of fused-ring (bicyclic) bond motifs is 1. The molecule has 0 radical (unpaired) electrons. The molecule has 0 saturated carbocycles. The van der Waals surface area contributed by atoms with Gasteiger partial charge in [-0.15, -0.1) is 0 Å². The number of carbonyl (C=O) groups is 1. The zero-order valence-electron chi connectivity index (χ0n) is 16.0. The number of halogens is 1. The van der Waals surface area contributed by atoms with Gasteiger partial charge in [0.25, 0.3) is 5.91 Å². The molecule has 0 bridgehead atoms. The van der Waals surface area contributed by atoms with E-state index in [1.165, 1.54) is 12.1 Å². The van der Waals surface area contributed by atoms with Crippen LogP contribution in [0.3, 0.4) is 0 Å². The Morgan fingerprint density at radius 3 is 2.48 bits per heavy atom. The standard InChI is InChI=1S/C23H19FN2O3/c1-14-9-15(2)11-19(10-14)28-13-22(27)25-18-7-8-21-20(12-18)26-23(29-21)16-3-5-17(24)6-4-16/h3-12H,13H2,1-2H3,(H,25,27). The number of ether oxygens (including phenoxy) is 1. The number of oxazole rings is 1. The first kappa shape index (κ1) is 18.7. The highest BCUT2D eigenvalue weighted by molar-refractivity contribution is 5.94. The molecule has 4 aromatic rings. The van der Waals surface area contributed by atoms with Gasteiger partial charge in [-0.2, -0.15) is 0 Å². The summed E-state index contributed by atoms with van der Waals surface area (Å²) in [5, 5.41) is 2.79. The highest BCUT2D eigenvalue weighted by atomic mass is 19.1. The predicted molar refractivity (Wildman–Crippen MR) is 109 cm³/mol. The molecule has 29 heavy (non-hydrogen) atoms. The zero-order valence-corrected chi connectivity index (χ0v) is 16.0. The van der Waals surface area contributed by atoms with Crippen molar-refractivity contribution in [3.05, 3.63) is 77.6 Å². The number of amides is 1. The van der Waals surface area contributed by atoms with Crippen molar-refractivity contribution in [3.63, 3.8) is 0 Å². The van der Waals surface area contributed by atoms with E-state index in [1.807, 2.05) is 32.0 Å². The summed E-state index contributed by atoms with van der Waals surface area (Å²) in [5.41, 5.74) is 4.59. The molecule has 1 N–H and O–H groups in total. The number of aryl methyl sites for hydroxylation is 2. The maximum Gasteiger partial charge on any atom is 0.262 e. The second-order valence-corrected chi connectivity index (χ2v) is 6.87. The van der Waals surface area contributed by atoms with Gasteiger partial charge in [-0.1, -0.05) is 6.07 Å². The largest absolute Gasteiger partial charge is 0.484 e. The second-order valence-electron chi connectivity index (χ2n) is 6.87. The van der Waals surface area contributed by atoms with Gasteiger partial charge in [-0.05, 0) is 79.6 Å². The summed E-state index contributed by atoms with van der Waals surface area (Å²) in [6.07, 6.45) is 0. The first-order valence-corrected chi connectivity index (χ1v) is 9.14. The molecule has 6 heteroatoms. The number of aromatic nitrogens is 1. The van der Waals surface area contributed by atoms with Gasteiger partial charge in [0.2, 0.25) is 5.89 Å². The van der Waals surface area contributed by atoms with Crippen molar-refractivity contribution in [3.8, 4) is 17.2 Å². The van der Waals surface area contributed by atoms with Crippen LogP contribution in [0.1, 0.15) is 11.1 Å². The van der Waals surface area contributed by atoms with E-state index >= 15 is 0 Å². The maximum atomic E-state index is 13.1. The van der Waals surface area contributed by atoms with Gasteiger partial charge in [0.15, 0.2) is 12.2 Å². The lowest BCUT2D eigenvalue weighted by Crippen LogP contribution is -2.20. The summed E-state index contributed by atoms with van der Waals surface area (Å²) < 4.78 is 24.4. The first-order valence-electron chi connectivity index (χ1n) is 9.14. The Hall–Kier alpha value is -3.67. The lowest BCUT2D eigenvalue weighted by atomic mass is 10.1. The van der Waals surface area contributed by atoms with E-state index in [0.29, 0.717) is 34.0 Å². The topological polar surface area (TPSA) is 64.4 Å². The molecule has 146 valence electrons. The van der Waals surface area contributed by atoms with E-state index in [4.69, 9.17) is 9.15 Å². The van der Waals surface area contributed by atoms with Gasteiger partial charge in [0, 0.05) is 11.3 Å². The Bertz CT molecular complexity index is 1160. The molecule has 1 amide bonds. The number of benzene rings is 3. The third kappa shape index (κ3) is 4.43. The average Bonchev–Trinajstić information content (AvgIpc) is 3.09. The average molecular weight is 390 g/mol. The van der Waals surface area contributed by atoms with Crippen molar-refractivity contribution < 1.29 is 18.3 Å². The smallest absolute Gasteiger partial charge is 0.262 e. The Morgan fingerprint density at radius 1 is 1.03 bits per heavy atom. The quantitative estimate of drug-likeness (QED) is 0.504. The van der Waals surface area contributed by atoms with Crippen molar-refractivity contribution in [1.82, 2.24) is 4.98 Å². The summed E-state index contributed by atoms with van der Waals surface area (Å²) in [6.45, 7) is 3.86. The summed E-state index contributed by atoms with van der Waals surface area (Å²) >= 11 is 0. The van der Waals surface area contributed by atoms with Crippen LogP contribution in [0.5, 0.6) is 5.75 Å². The lowest BCUT2D eigenvalue weighted by Gasteiger charge is -2.09. The SMILES string of the molecule is Cc1cc(C)cc(OCC(=O)Nc2ccc3oc(-c4ccc(F)cc4)nc3c2)c1. The van der Waals surface area contributed by atoms with Crippen LogP contribution < -0.4 is 10.1 Å². The molecular formula is C23H19FN2O3. The van der Waals surface area contributed by atoms with E-state index in [1.54, 1.807) is 30.3 Å². The van der Waals surface area contributed by atoms with Crippen molar-refractivity contribution in [1.29, 1.82) is 0 Å². The molecule has 0 saturated heterocycles. The van der Waals surface area contributed by atoms with Gasteiger partial charge in [-0.25, -0.2) is 9.37 Å². The van der Waals surface area contributed by atoms with Gasteiger partial charge in [-0.3, -0.25) is 4.79 Å². The molecular weight excluding hydrogens is 371 g/mol. The van der Waals surface area contributed by atoms with Crippen LogP contribution in [0.2, 0.25) is 0 Å². The van der Waals surface area contributed by atoms with E-state index in [2.05, 4.69) is 10.3 Å². The molecule has 0 unspecified atom stereocenters. The van der Waals surface area contributed by atoms with Gasteiger partial charge in [0.05, 0.1) is 0 Å².